The van der Waals surface area contributed by atoms with E-state index in [9.17, 15) is 14.4 Å². The quantitative estimate of drug-likeness (QED) is 0.753. The summed E-state index contributed by atoms with van der Waals surface area (Å²) in [6, 6.07) is 9.69. The SMILES string of the molecule is CC(=O)c1cc2c(cc1NC(=O)c1cccc(NC(=O)C3CCCO3)c1)OCO2. The Balaban J connectivity index is 1.52. The zero-order valence-electron chi connectivity index (χ0n) is 15.8. The third kappa shape index (κ3) is 4.07. The average molecular weight is 396 g/mol. The van der Waals surface area contributed by atoms with Crippen LogP contribution in [0.25, 0.3) is 0 Å². The maximum Gasteiger partial charge on any atom is 0.255 e. The Morgan fingerprint density at radius 1 is 1.03 bits per heavy atom. The minimum absolute atomic E-state index is 0.0660. The zero-order chi connectivity index (χ0) is 20.4. The molecular weight excluding hydrogens is 376 g/mol. The van der Waals surface area contributed by atoms with E-state index in [-0.39, 0.29) is 18.5 Å². The van der Waals surface area contributed by atoms with Crippen LogP contribution in [0.15, 0.2) is 36.4 Å². The Labute approximate surface area is 167 Å². The van der Waals surface area contributed by atoms with Crippen molar-refractivity contribution in [3.63, 3.8) is 0 Å². The molecule has 0 spiro atoms. The number of rotatable bonds is 5. The molecule has 0 saturated carbocycles. The van der Waals surface area contributed by atoms with Crippen LogP contribution in [0.1, 0.15) is 40.5 Å². The van der Waals surface area contributed by atoms with Crippen LogP contribution in [0.4, 0.5) is 11.4 Å². The summed E-state index contributed by atoms with van der Waals surface area (Å²) in [5, 5.41) is 5.51. The summed E-state index contributed by atoms with van der Waals surface area (Å²) in [7, 11) is 0. The highest BCUT2D eigenvalue weighted by Crippen LogP contribution is 2.37. The Bertz CT molecular complexity index is 981. The van der Waals surface area contributed by atoms with Crippen molar-refractivity contribution < 1.29 is 28.6 Å². The van der Waals surface area contributed by atoms with Crippen molar-refractivity contribution >= 4 is 29.0 Å². The maximum absolute atomic E-state index is 12.8. The van der Waals surface area contributed by atoms with Crippen LogP contribution >= 0.6 is 0 Å². The molecule has 2 aliphatic heterocycles. The van der Waals surface area contributed by atoms with Gasteiger partial charge in [0, 0.05) is 29.5 Å². The number of fused-ring (bicyclic) bond motifs is 1. The third-order valence-electron chi connectivity index (χ3n) is 4.75. The van der Waals surface area contributed by atoms with Gasteiger partial charge in [-0.3, -0.25) is 14.4 Å². The van der Waals surface area contributed by atoms with E-state index >= 15 is 0 Å². The lowest BCUT2D eigenvalue weighted by Crippen LogP contribution is -2.27. The molecule has 2 aromatic carbocycles. The summed E-state index contributed by atoms with van der Waals surface area (Å²) in [5.41, 5.74) is 1.49. The van der Waals surface area contributed by atoms with Crippen molar-refractivity contribution in [2.24, 2.45) is 0 Å². The van der Waals surface area contributed by atoms with Gasteiger partial charge in [0.1, 0.15) is 6.10 Å². The van der Waals surface area contributed by atoms with Gasteiger partial charge in [0.25, 0.3) is 11.8 Å². The van der Waals surface area contributed by atoms with E-state index in [1.54, 1.807) is 36.4 Å². The normalized spacial score (nSPS) is 17.1. The van der Waals surface area contributed by atoms with Gasteiger partial charge in [-0.05, 0) is 44.0 Å². The van der Waals surface area contributed by atoms with E-state index < -0.39 is 12.0 Å². The second-order valence-electron chi connectivity index (χ2n) is 6.83. The lowest BCUT2D eigenvalue weighted by atomic mass is 10.1. The molecule has 8 nitrogen and oxygen atoms in total. The number of Topliss-reactive ketones (excluding diaryl/α,β-unsaturated/α-hetero) is 1. The van der Waals surface area contributed by atoms with Gasteiger partial charge in [-0.2, -0.15) is 0 Å². The molecule has 2 N–H and O–H groups in total. The van der Waals surface area contributed by atoms with Crippen LogP contribution in [-0.4, -0.2) is 37.1 Å². The monoisotopic (exact) mass is 396 g/mol. The van der Waals surface area contributed by atoms with Crippen molar-refractivity contribution in [1.29, 1.82) is 0 Å². The fourth-order valence-electron chi connectivity index (χ4n) is 3.28. The second kappa shape index (κ2) is 7.92. The van der Waals surface area contributed by atoms with Crippen molar-refractivity contribution in [3.05, 3.63) is 47.5 Å². The maximum atomic E-state index is 12.8. The van der Waals surface area contributed by atoms with Gasteiger partial charge < -0.3 is 24.8 Å². The molecular formula is C21H20N2O6. The van der Waals surface area contributed by atoms with E-state index in [0.29, 0.717) is 47.0 Å². The molecule has 0 radical (unpaired) electrons. The van der Waals surface area contributed by atoms with E-state index in [4.69, 9.17) is 14.2 Å². The number of hydrogen-bond acceptors (Lipinski definition) is 6. The highest BCUT2D eigenvalue weighted by Gasteiger charge is 2.24. The first-order valence-electron chi connectivity index (χ1n) is 9.30. The average Bonchev–Trinajstić information content (AvgIpc) is 3.39. The van der Waals surface area contributed by atoms with Crippen molar-refractivity contribution in [1.82, 2.24) is 0 Å². The lowest BCUT2D eigenvalue weighted by molar-refractivity contribution is -0.124. The van der Waals surface area contributed by atoms with Gasteiger partial charge in [0.2, 0.25) is 6.79 Å². The molecule has 1 unspecified atom stereocenters. The summed E-state index contributed by atoms with van der Waals surface area (Å²) in [6.07, 6.45) is 1.08. The zero-order valence-corrected chi connectivity index (χ0v) is 15.8. The molecule has 0 bridgehead atoms. The first-order valence-corrected chi connectivity index (χ1v) is 9.30. The van der Waals surface area contributed by atoms with Crippen LogP contribution in [0.3, 0.4) is 0 Å². The van der Waals surface area contributed by atoms with Crippen LogP contribution in [0, 0.1) is 0 Å². The van der Waals surface area contributed by atoms with Crippen molar-refractivity contribution in [2.75, 3.05) is 24.0 Å². The fourth-order valence-corrected chi connectivity index (χ4v) is 3.28. The standard InChI is InChI=1S/C21H20N2O6/c1-12(24)15-9-18-19(29-11-28-18)10-16(15)23-20(25)13-4-2-5-14(8-13)22-21(26)17-6-3-7-27-17/h2,4-5,8-10,17H,3,6-7,11H2,1H3,(H,22,26)(H,23,25). The minimum Gasteiger partial charge on any atom is -0.454 e. The Morgan fingerprint density at radius 3 is 2.55 bits per heavy atom. The van der Waals surface area contributed by atoms with Crippen LogP contribution in [0.2, 0.25) is 0 Å². The molecule has 8 heteroatoms. The highest BCUT2D eigenvalue weighted by molar-refractivity contribution is 6.10. The first kappa shape index (κ1) is 18.9. The Morgan fingerprint density at radius 2 is 1.83 bits per heavy atom. The molecule has 29 heavy (non-hydrogen) atoms. The first-order chi connectivity index (χ1) is 14.0. The molecule has 1 atom stereocenters. The molecule has 0 aromatic heterocycles. The van der Waals surface area contributed by atoms with Gasteiger partial charge in [-0.1, -0.05) is 6.07 Å². The molecule has 1 fully saturated rings. The van der Waals surface area contributed by atoms with E-state index in [2.05, 4.69) is 10.6 Å². The Kier molecular flexibility index (Phi) is 5.18. The Hall–Kier alpha value is -3.39. The number of ether oxygens (including phenoxy) is 3. The molecule has 2 amide bonds. The number of nitrogens with one attached hydrogen (secondary N) is 2. The van der Waals surface area contributed by atoms with Gasteiger partial charge in [-0.25, -0.2) is 0 Å². The summed E-state index contributed by atoms with van der Waals surface area (Å²) < 4.78 is 16.0. The molecule has 1 saturated heterocycles. The second-order valence-corrected chi connectivity index (χ2v) is 6.83. The highest BCUT2D eigenvalue weighted by atomic mass is 16.7. The predicted molar refractivity (Wildman–Crippen MR) is 105 cm³/mol. The summed E-state index contributed by atoms with van der Waals surface area (Å²) in [5.74, 6) is 0.0698. The smallest absolute Gasteiger partial charge is 0.255 e. The van der Waals surface area contributed by atoms with Crippen molar-refractivity contribution in [2.45, 2.75) is 25.9 Å². The van der Waals surface area contributed by atoms with Gasteiger partial charge >= 0.3 is 0 Å². The van der Waals surface area contributed by atoms with E-state index in [1.165, 1.54) is 6.92 Å². The number of ketones is 1. The van der Waals surface area contributed by atoms with Crippen LogP contribution in [0.5, 0.6) is 11.5 Å². The number of hydrogen-bond donors (Lipinski definition) is 2. The fraction of sp³-hybridized carbons (Fsp3) is 0.286. The third-order valence-corrected chi connectivity index (χ3v) is 4.75. The van der Waals surface area contributed by atoms with Crippen LogP contribution in [-0.2, 0) is 9.53 Å². The van der Waals surface area contributed by atoms with E-state index in [0.717, 1.165) is 6.42 Å². The largest absolute Gasteiger partial charge is 0.454 e. The molecule has 2 aliphatic rings. The molecule has 0 aliphatic carbocycles. The minimum atomic E-state index is -0.459. The predicted octanol–water partition coefficient (Wildman–Crippen LogP) is 2.99. The lowest BCUT2D eigenvalue weighted by Gasteiger charge is -2.13. The summed E-state index contributed by atoms with van der Waals surface area (Å²) in [4.78, 5) is 36.9. The van der Waals surface area contributed by atoms with Gasteiger partial charge in [-0.15, -0.1) is 0 Å². The molecule has 150 valence electrons. The topological polar surface area (TPSA) is 103 Å². The van der Waals surface area contributed by atoms with Crippen molar-refractivity contribution in [3.8, 4) is 11.5 Å². The summed E-state index contributed by atoms with van der Waals surface area (Å²) in [6.45, 7) is 2.06. The van der Waals surface area contributed by atoms with Gasteiger partial charge in [0.15, 0.2) is 17.3 Å². The van der Waals surface area contributed by atoms with Crippen LogP contribution < -0.4 is 20.1 Å². The number of carbonyl (C=O) groups is 3. The molecule has 4 rings (SSSR count). The number of carbonyl (C=O) groups excluding carboxylic acids is 3. The number of amides is 2. The van der Waals surface area contributed by atoms with E-state index in [1.807, 2.05) is 0 Å². The molecule has 2 heterocycles. The molecule has 2 aromatic rings. The van der Waals surface area contributed by atoms with Gasteiger partial charge in [0.05, 0.1) is 5.69 Å². The number of benzene rings is 2. The summed E-state index contributed by atoms with van der Waals surface area (Å²) >= 11 is 0. The number of anilines is 2.